The van der Waals surface area contributed by atoms with Crippen LogP contribution in [0.5, 0.6) is 23.0 Å². The highest BCUT2D eigenvalue weighted by atomic mass is 32.2. The molecule has 16 nitrogen and oxygen atoms in total. The van der Waals surface area contributed by atoms with Crippen LogP contribution < -0.4 is 24.4 Å². The Hall–Kier alpha value is -6.73. The van der Waals surface area contributed by atoms with Gasteiger partial charge in [-0.25, -0.2) is 27.5 Å². The number of sulfonamides is 1. The number of imidazole rings is 1. The predicted molar refractivity (Wildman–Crippen MR) is 282 cm³/mol. The number of pyridine rings is 1. The van der Waals surface area contributed by atoms with Gasteiger partial charge >= 0.3 is 0 Å². The second-order valence-electron chi connectivity index (χ2n) is 20.9. The quantitative estimate of drug-likeness (QED) is 0.0611. The molecular formula is C56H64FN9O7S. The number of phenols is 1. The minimum Gasteiger partial charge on any atom is -0.506 e. The number of halogens is 1. The summed E-state index contributed by atoms with van der Waals surface area (Å²) in [6.45, 7) is 11.3. The third-order valence-corrected chi connectivity index (χ3v) is 17.3. The largest absolute Gasteiger partial charge is 0.506 e. The summed E-state index contributed by atoms with van der Waals surface area (Å²) >= 11 is 0. The number of ether oxygens (including phenoxy) is 3. The van der Waals surface area contributed by atoms with Gasteiger partial charge in [-0.1, -0.05) is 50.2 Å². The van der Waals surface area contributed by atoms with E-state index in [0.717, 1.165) is 88.0 Å². The van der Waals surface area contributed by atoms with Crippen molar-refractivity contribution in [2.45, 2.75) is 81.8 Å². The maximum Gasteiger partial charge on any atom is 0.268 e. The van der Waals surface area contributed by atoms with E-state index in [9.17, 15) is 18.3 Å². The highest BCUT2D eigenvalue weighted by Crippen LogP contribution is 2.54. The Morgan fingerprint density at radius 1 is 0.959 bits per heavy atom. The number of carbonyl (C=O) groups is 1. The first-order valence-corrected chi connectivity index (χ1v) is 27.3. The van der Waals surface area contributed by atoms with Gasteiger partial charge in [-0.15, -0.1) is 0 Å². The number of nitrogens with one attached hydrogen (secondary N) is 4. The first kappa shape index (κ1) is 49.5. The van der Waals surface area contributed by atoms with E-state index in [1.165, 1.54) is 35.3 Å². The Kier molecular flexibility index (Phi) is 13.7. The molecule has 11 rings (SSSR count). The number of aromatic amines is 2. The number of carbonyl (C=O) groups excluding carboxylic acids is 1. The van der Waals surface area contributed by atoms with Crippen molar-refractivity contribution in [1.29, 1.82) is 0 Å². The molecule has 1 spiro atoms. The molecule has 4 aromatic carbocycles. The molecule has 4 aliphatic rings. The highest BCUT2D eigenvalue weighted by molar-refractivity contribution is 7.90. The number of amides is 1. The second-order valence-corrected chi connectivity index (χ2v) is 22.6. The number of H-pyrrole nitrogens is 2. The van der Waals surface area contributed by atoms with Crippen molar-refractivity contribution < 1.29 is 36.9 Å². The van der Waals surface area contributed by atoms with Gasteiger partial charge in [0.15, 0.2) is 0 Å². The van der Waals surface area contributed by atoms with Crippen molar-refractivity contribution in [3.8, 4) is 23.0 Å². The number of benzene rings is 4. The van der Waals surface area contributed by atoms with E-state index in [1.807, 2.05) is 23.1 Å². The van der Waals surface area contributed by atoms with Gasteiger partial charge in [0.1, 0.15) is 50.6 Å². The molecule has 1 amide bonds. The van der Waals surface area contributed by atoms with E-state index in [4.69, 9.17) is 14.2 Å². The third kappa shape index (κ3) is 9.99. The molecule has 1 atom stereocenters. The summed E-state index contributed by atoms with van der Waals surface area (Å²) in [7, 11) is -3.01. The first-order valence-electron chi connectivity index (χ1n) is 25.8. The number of methoxy groups -OCH3 is 1. The second kappa shape index (κ2) is 20.5. The molecular weight excluding hydrogens is 962 g/mol. The van der Waals surface area contributed by atoms with Crippen molar-refractivity contribution >= 4 is 49.4 Å². The van der Waals surface area contributed by atoms with Gasteiger partial charge in [0.05, 0.1) is 36.4 Å². The predicted octanol–water partition coefficient (Wildman–Crippen LogP) is 9.47. The van der Waals surface area contributed by atoms with Gasteiger partial charge in [-0.05, 0) is 103 Å². The number of piperazine rings is 1. The van der Waals surface area contributed by atoms with E-state index >= 15 is 4.39 Å². The minimum absolute atomic E-state index is 0.0155. The van der Waals surface area contributed by atoms with Crippen molar-refractivity contribution in [2.75, 3.05) is 69.8 Å². The monoisotopic (exact) mass is 1030 g/mol. The van der Waals surface area contributed by atoms with Crippen LogP contribution in [0.2, 0.25) is 0 Å². The molecule has 1 unspecified atom stereocenters. The van der Waals surface area contributed by atoms with Crippen LogP contribution in [0.15, 0.2) is 102 Å². The van der Waals surface area contributed by atoms with E-state index < -0.39 is 26.6 Å². The van der Waals surface area contributed by atoms with Crippen LogP contribution in [-0.4, -0.2) is 115 Å². The van der Waals surface area contributed by atoms with Gasteiger partial charge in [0, 0.05) is 94.8 Å². The molecule has 1 saturated carbocycles. The van der Waals surface area contributed by atoms with Crippen LogP contribution in [0.4, 0.5) is 15.8 Å². The fourth-order valence-corrected chi connectivity index (χ4v) is 13.0. The molecule has 388 valence electrons. The lowest BCUT2D eigenvalue weighted by Gasteiger charge is -2.58. The summed E-state index contributed by atoms with van der Waals surface area (Å²) in [5, 5.41) is 15.2. The van der Waals surface area contributed by atoms with Gasteiger partial charge in [0.2, 0.25) is 0 Å². The SMILES string of the molecule is COc1ccc(CN2CCN(C3CC4(CCN(c5cc(Oc6cnc7[nH]ccc7c6)c(C(=O)NS(=O)(=O)c6cc(O)c(NCC7CCOCC7)c7[nH]cnc67)cc5F)CC4)C3)C(c3ccccc3C(C)C)C2)cc1. The standard InChI is InChI=1S/C56H64FN9O7S/c1-35(2)42-6-4-5-7-43(42)47-33-64(32-37-8-10-40(71-3)11-9-37)20-21-66(47)39-28-56(29-39)15-18-65(19-16-56)46-26-49(73-41-24-38-12-17-58-54(38)60-31-41)44(25-45(46)57)55(68)63-74(69,70)50-27-48(67)51(53-52(50)61-34-62-53)59-30-36-13-22-72-23-14-36/h4-12,17,24-27,31,34-36,39,47,59,67H,13-16,18-23,28-30,32-33H2,1-3H3,(H,58,60)(H,61,62)(H,63,68). The number of piperidine rings is 1. The maximum atomic E-state index is 16.7. The van der Waals surface area contributed by atoms with Crippen LogP contribution in [-0.2, 0) is 21.3 Å². The van der Waals surface area contributed by atoms with Crippen molar-refractivity contribution in [1.82, 2.24) is 34.5 Å². The zero-order valence-corrected chi connectivity index (χ0v) is 42.9. The average Bonchev–Trinajstić information content (AvgIpc) is 4.11. The number of aromatic nitrogens is 4. The summed E-state index contributed by atoms with van der Waals surface area (Å²) in [4.78, 5) is 35.8. The van der Waals surface area contributed by atoms with Crippen LogP contribution in [0, 0.1) is 17.2 Å². The summed E-state index contributed by atoms with van der Waals surface area (Å²) in [5.41, 5.74) is 5.30. The fraction of sp³-hybridized carbons (Fsp3) is 0.411. The highest BCUT2D eigenvalue weighted by Gasteiger charge is 2.50. The molecule has 4 fully saturated rings. The van der Waals surface area contributed by atoms with Crippen LogP contribution in [0.3, 0.4) is 0 Å². The Balaban J connectivity index is 0.809. The van der Waals surface area contributed by atoms with Gasteiger partial charge in [-0.2, -0.15) is 0 Å². The Morgan fingerprint density at radius 2 is 1.74 bits per heavy atom. The number of anilines is 2. The van der Waals surface area contributed by atoms with Crippen molar-refractivity contribution in [3.05, 3.63) is 126 Å². The van der Waals surface area contributed by atoms with E-state index in [0.29, 0.717) is 62.1 Å². The molecule has 3 aromatic heterocycles. The zero-order chi connectivity index (χ0) is 51.1. The fourth-order valence-electron chi connectivity index (χ4n) is 11.9. The Labute approximate surface area is 430 Å². The molecule has 0 radical (unpaired) electrons. The lowest BCUT2D eigenvalue weighted by Crippen LogP contribution is -2.60. The summed E-state index contributed by atoms with van der Waals surface area (Å²) in [5.74, 6) is -0.375. The molecule has 74 heavy (non-hydrogen) atoms. The van der Waals surface area contributed by atoms with E-state index in [-0.39, 0.29) is 51.0 Å². The van der Waals surface area contributed by atoms with E-state index in [2.05, 4.69) is 90.0 Å². The topological polar surface area (TPSA) is 190 Å². The molecule has 3 saturated heterocycles. The maximum absolute atomic E-state index is 16.7. The molecule has 6 heterocycles. The summed E-state index contributed by atoms with van der Waals surface area (Å²) < 4.78 is 64.3. The Bertz CT molecular complexity index is 3270. The van der Waals surface area contributed by atoms with Gasteiger partial charge < -0.3 is 39.5 Å². The molecule has 7 aromatic rings. The molecule has 0 bridgehead atoms. The molecule has 1 aliphatic carbocycles. The van der Waals surface area contributed by atoms with Crippen molar-refractivity contribution in [2.24, 2.45) is 11.3 Å². The number of hydrogen-bond acceptors (Lipinski definition) is 13. The van der Waals surface area contributed by atoms with Crippen LogP contribution >= 0.6 is 0 Å². The van der Waals surface area contributed by atoms with E-state index in [1.54, 1.807) is 19.4 Å². The first-order chi connectivity index (χ1) is 35.8. The average molecular weight is 1030 g/mol. The number of hydrogen-bond donors (Lipinski definition) is 5. The van der Waals surface area contributed by atoms with Gasteiger partial charge in [-0.3, -0.25) is 14.6 Å². The number of rotatable bonds is 15. The smallest absolute Gasteiger partial charge is 0.268 e. The molecule has 3 aliphatic heterocycles. The number of nitrogens with zero attached hydrogens (tertiary/aromatic N) is 5. The van der Waals surface area contributed by atoms with Crippen molar-refractivity contribution in [3.63, 3.8) is 0 Å². The summed E-state index contributed by atoms with van der Waals surface area (Å²) in [6.07, 6.45) is 10.1. The summed E-state index contributed by atoms with van der Waals surface area (Å²) in [6, 6.07) is 25.1. The third-order valence-electron chi connectivity index (χ3n) is 16.0. The number of phenolic OH excluding ortho intramolecular Hbond substituents is 1. The van der Waals surface area contributed by atoms with Crippen LogP contribution in [0.25, 0.3) is 22.1 Å². The van der Waals surface area contributed by atoms with Gasteiger partial charge in [0.25, 0.3) is 15.9 Å². The number of aromatic hydroxyl groups is 1. The minimum atomic E-state index is -4.70. The zero-order valence-electron chi connectivity index (χ0n) is 42.1. The molecule has 18 heteroatoms. The van der Waals surface area contributed by atoms with Crippen LogP contribution in [0.1, 0.15) is 91.4 Å². The Morgan fingerprint density at radius 3 is 2.51 bits per heavy atom. The lowest BCUT2D eigenvalue weighted by atomic mass is 9.59. The number of fused-ring (bicyclic) bond motifs is 2. The normalized spacial score (nSPS) is 19.0. The molecule has 5 N–H and O–H groups in total. The lowest BCUT2D eigenvalue weighted by molar-refractivity contribution is -0.0628.